The van der Waals surface area contributed by atoms with Gasteiger partial charge >= 0.3 is 5.97 Å². The van der Waals surface area contributed by atoms with Gasteiger partial charge in [0.2, 0.25) is 0 Å². The van der Waals surface area contributed by atoms with E-state index in [1.165, 1.54) is 17.8 Å². The Kier molecular flexibility index (Phi) is 4.39. The minimum Gasteiger partial charge on any atom is -0.478 e. The molecule has 0 unspecified atom stereocenters. The normalized spacial score (nSPS) is 10.6. The van der Waals surface area contributed by atoms with Gasteiger partial charge in [0.25, 0.3) is 0 Å². The number of hydrogen-bond donors (Lipinski definition) is 2. The smallest absolute Gasteiger partial charge is 0.337 e. The highest BCUT2D eigenvalue weighted by molar-refractivity contribution is 9.10. The number of rotatable bonds is 4. The summed E-state index contributed by atoms with van der Waals surface area (Å²) in [5.41, 5.74) is 2.31. The van der Waals surface area contributed by atoms with Gasteiger partial charge in [0, 0.05) is 11.9 Å². The predicted molar refractivity (Wildman–Crippen MR) is 82.7 cm³/mol. The number of halogens is 1. The van der Waals surface area contributed by atoms with Crippen LogP contribution in [0.1, 0.15) is 35.7 Å². The van der Waals surface area contributed by atoms with Crippen molar-refractivity contribution >= 4 is 33.4 Å². The second-order valence-electron chi connectivity index (χ2n) is 4.73. The lowest BCUT2D eigenvalue weighted by Gasteiger charge is -2.15. The third-order valence-electron chi connectivity index (χ3n) is 2.92. The predicted octanol–water partition coefficient (Wildman–Crippen LogP) is 4.41. The lowest BCUT2D eigenvalue weighted by molar-refractivity contribution is 0.0696. The van der Waals surface area contributed by atoms with Crippen molar-refractivity contribution in [2.75, 3.05) is 5.32 Å². The molecule has 0 spiro atoms. The number of hydrogen-bond acceptors (Lipinski definition) is 3. The highest BCUT2D eigenvalue weighted by Crippen LogP contribution is 2.29. The van der Waals surface area contributed by atoms with Crippen molar-refractivity contribution in [2.45, 2.75) is 19.8 Å². The molecule has 0 saturated carbocycles. The molecule has 0 aliphatic carbocycles. The number of nitrogens with zero attached hydrogens (tertiary/aromatic N) is 1. The van der Waals surface area contributed by atoms with E-state index in [9.17, 15) is 4.79 Å². The molecule has 1 aromatic carbocycles. The van der Waals surface area contributed by atoms with Gasteiger partial charge in [-0.3, -0.25) is 0 Å². The average Bonchev–Trinajstić information content (AvgIpc) is 2.41. The van der Waals surface area contributed by atoms with Gasteiger partial charge in [0.15, 0.2) is 0 Å². The Morgan fingerprint density at radius 3 is 2.65 bits per heavy atom. The number of aromatic carboxylic acids is 1. The number of pyridine rings is 1. The summed E-state index contributed by atoms with van der Waals surface area (Å²) in [7, 11) is 0. The Labute approximate surface area is 126 Å². The van der Waals surface area contributed by atoms with E-state index in [1.807, 2.05) is 18.2 Å². The van der Waals surface area contributed by atoms with Crippen molar-refractivity contribution < 1.29 is 9.90 Å². The molecule has 5 heteroatoms. The van der Waals surface area contributed by atoms with Gasteiger partial charge in [0.1, 0.15) is 5.82 Å². The summed E-state index contributed by atoms with van der Waals surface area (Å²) in [6, 6.07) is 9.53. The zero-order valence-electron chi connectivity index (χ0n) is 11.2. The highest BCUT2D eigenvalue weighted by atomic mass is 79.9. The fourth-order valence-corrected chi connectivity index (χ4v) is 2.34. The second-order valence-corrected chi connectivity index (χ2v) is 5.58. The van der Waals surface area contributed by atoms with Crippen LogP contribution < -0.4 is 5.32 Å². The molecule has 0 aliphatic rings. The van der Waals surface area contributed by atoms with Gasteiger partial charge in [-0.15, -0.1) is 0 Å². The van der Waals surface area contributed by atoms with Crippen molar-refractivity contribution in [1.29, 1.82) is 0 Å². The molecule has 0 amide bonds. The first-order valence-corrected chi connectivity index (χ1v) is 7.03. The number of para-hydroxylation sites is 1. The Balaban J connectivity index is 2.33. The van der Waals surface area contributed by atoms with Crippen LogP contribution in [0.3, 0.4) is 0 Å². The molecular weight excluding hydrogens is 320 g/mol. The van der Waals surface area contributed by atoms with E-state index >= 15 is 0 Å². The first kappa shape index (κ1) is 14.5. The first-order valence-electron chi connectivity index (χ1n) is 6.24. The summed E-state index contributed by atoms with van der Waals surface area (Å²) >= 11 is 3.35. The lowest BCUT2D eigenvalue weighted by Crippen LogP contribution is -2.02. The number of benzene rings is 1. The maximum atomic E-state index is 10.9. The largest absolute Gasteiger partial charge is 0.478 e. The minimum atomic E-state index is -0.993. The Hall–Kier alpha value is -1.88. The van der Waals surface area contributed by atoms with E-state index in [2.05, 4.69) is 46.1 Å². The maximum Gasteiger partial charge on any atom is 0.337 e. The summed E-state index contributed by atoms with van der Waals surface area (Å²) in [4.78, 5) is 15.0. The van der Waals surface area contributed by atoms with Crippen LogP contribution in [0.2, 0.25) is 0 Å². The SMILES string of the molecule is CC(C)c1ccccc1Nc1ncc(C(=O)O)cc1Br. The van der Waals surface area contributed by atoms with Gasteiger partial charge in [-0.1, -0.05) is 32.0 Å². The van der Waals surface area contributed by atoms with E-state index in [1.54, 1.807) is 0 Å². The molecule has 4 nitrogen and oxygen atoms in total. The van der Waals surface area contributed by atoms with Gasteiger partial charge in [-0.05, 0) is 39.5 Å². The number of aromatic nitrogens is 1. The molecule has 0 bridgehead atoms. The van der Waals surface area contributed by atoms with Gasteiger partial charge in [0.05, 0.1) is 10.0 Å². The van der Waals surface area contributed by atoms with Gasteiger partial charge < -0.3 is 10.4 Å². The van der Waals surface area contributed by atoms with Gasteiger partial charge in [-0.25, -0.2) is 9.78 Å². The summed E-state index contributed by atoms with van der Waals surface area (Å²) < 4.78 is 0.621. The molecule has 2 aromatic rings. The summed E-state index contributed by atoms with van der Waals surface area (Å²) in [6.07, 6.45) is 1.34. The van der Waals surface area contributed by atoms with Crippen molar-refractivity contribution in [1.82, 2.24) is 4.98 Å². The van der Waals surface area contributed by atoms with E-state index in [-0.39, 0.29) is 5.56 Å². The molecule has 0 fully saturated rings. The van der Waals surface area contributed by atoms with Crippen LogP contribution in [0.5, 0.6) is 0 Å². The standard InChI is InChI=1S/C15H15BrN2O2/c1-9(2)11-5-3-4-6-13(11)18-14-12(16)7-10(8-17-14)15(19)20/h3-9H,1-2H3,(H,17,18)(H,19,20). The number of carboxylic acid groups (broad SMARTS) is 1. The van der Waals surface area contributed by atoms with Crippen molar-refractivity contribution in [2.24, 2.45) is 0 Å². The molecule has 2 rings (SSSR count). The third kappa shape index (κ3) is 3.17. The molecule has 0 aliphatic heterocycles. The zero-order chi connectivity index (χ0) is 14.7. The number of nitrogens with one attached hydrogen (secondary N) is 1. The minimum absolute atomic E-state index is 0.152. The van der Waals surface area contributed by atoms with Crippen LogP contribution in [-0.2, 0) is 0 Å². The maximum absolute atomic E-state index is 10.9. The zero-order valence-corrected chi connectivity index (χ0v) is 12.8. The Bertz CT molecular complexity index is 642. The van der Waals surface area contributed by atoms with E-state index in [0.29, 0.717) is 16.2 Å². The fraction of sp³-hybridized carbons (Fsp3) is 0.200. The molecule has 1 heterocycles. The topological polar surface area (TPSA) is 62.2 Å². The number of carboxylic acids is 1. The third-order valence-corrected chi connectivity index (χ3v) is 3.53. The van der Waals surface area contributed by atoms with Crippen molar-refractivity contribution in [3.8, 4) is 0 Å². The highest BCUT2D eigenvalue weighted by Gasteiger charge is 2.11. The van der Waals surface area contributed by atoms with Crippen LogP contribution >= 0.6 is 15.9 Å². The van der Waals surface area contributed by atoms with E-state index in [0.717, 1.165) is 5.69 Å². The fourth-order valence-electron chi connectivity index (χ4n) is 1.89. The first-order chi connectivity index (χ1) is 9.49. The molecule has 1 aromatic heterocycles. The second kappa shape index (κ2) is 6.05. The molecule has 2 N–H and O–H groups in total. The monoisotopic (exact) mass is 334 g/mol. The van der Waals surface area contributed by atoms with Crippen LogP contribution in [0.25, 0.3) is 0 Å². The summed E-state index contributed by atoms with van der Waals surface area (Å²) in [6.45, 7) is 4.24. The average molecular weight is 335 g/mol. The van der Waals surface area contributed by atoms with Crippen LogP contribution in [0.15, 0.2) is 41.0 Å². The molecule has 20 heavy (non-hydrogen) atoms. The molecule has 0 radical (unpaired) electrons. The summed E-state index contributed by atoms with van der Waals surface area (Å²) in [5, 5.41) is 12.2. The number of anilines is 2. The molecular formula is C15H15BrN2O2. The van der Waals surface area contributed by atoms with E-state index in [4.69, 9.17) is 5.11 Å². The summed E-state index contributed by atoms with van der Waals surface area (Å²) in [5.74, 6) is -0.00815. The number of carbonyl (C=O) groups is 1. The molecule has 0 atom stereocenters. The van der Waals surface area contributed by atoms with Crippen LogP contribution in [0.4, 0.5) is 11.5 Å². The molecule has 0 saturated heterocycles. The van der Waals surface area contributed by atoms with Crippen molar-refractivity contribution in [3.05, 3.63) is 52.1 Å². The lowest BCUT2D eigenvalue weighted by atomic mass is 10.0. The Morgan fingerprint density at radius 1 is 1.35 bits per heavy atom. The van der Waals surface area contributed by atoms with Crippen LogP contribution in [0, 0.1) is 0 Å². The van der Waals surface area contributed by atoms with Gasteiger partial charge in [-0.2, -0.15) is 0 Å². The van der Waals surface area contributed by atoms with Crippen LogP contribution in [-0.4, -0.2) is 16.1 Å². The van der Waals surface area contributed by atoms with E-state index < -0.39 is 5.97 Å². The Morgan fingerprint density at radius 2 is 2.05 bits per heavy atom. The van der Waals surface area contributed by atoms with Crippen molar-refractivity contribution in [3.63, 3.8) is 0 Å². The quantitative estimate of drug-likeness (QED) is 0.869. The molecule has 104 valence electrons.